The van der Waals surface area contributed by atoms with Gasteiger partial charge in [0.25, 0.3) is 0 Å². The van der Waals surface area contributed by atoms with Gasteiger partial charge in [0.15, 0.2) is 5.78 Å². The molecule has 1 amide bonds. The third-order valence-electron chi connectivity index (χ3n) is 2.55. The van der Waals surface area contributed by atoms with Gasteiger partial charge in [-0.05, 0) is 27.2 Å². The maximum Gasteiger partial charge on any atom is 0.410 e. The average molecular weight is 238 g/mol. The number of hydrogen-bond acceptors (Lipinski definition) is 4. The molecule has 0 bridgehead atoms. The summed E-state index contributed by atoms with van der Waals surface area (Å²) in [5.41, 5.74) is -0.522. The highest BCUT2D eigenvalue weighted by molar-refractivity contribution is 5.84. The number of ether oxygens (including phenoxy) is 1. The van der Waals surface area contributed by atoms with Crippen LogP contribution in [-0.4, -0.2) is 35.5 Å². The van der Waals surface area contributed by atoms with Crippen molar-refractivity contribution in [3.63, 3.8) is 0 Å². The van der Waals surface area contributed by atoms with E-state index in [1.54, 1.807) is 20.8 Å². The SMILES string of the molecule is CC(C)(C)OC(=O)N1CC[C@@H](C(=O)CC#N)C1. The minimum absolute atomic E-state index is 0.0766. The van der Waals surface area contributed by atoms with Gasteiger partial charge in [0.05, 0.1) is 12.5 Å². The van der Waals surface area contributed by atoms with Crippen LogP contribution in [-0.2, 0) is 9.53 Å². The Morgan fingerprint density at radius 2 is 2.12 bits per heavy atom. The average Bonchev–Trinajstić information content (AvgIpc) is 2.63. The van der Waals surface area contributed by atoms with E-state index in [0.717, 1.165) is 0 Å². The number of nitrogens with zero attached hydrogens (tertiary/aromatic N) is 2. The Balaban J connectivity index is 2.48. The van der Waals surface area contributed by atoms with Crippen molar-refractivity contribution in [1.82, 2.24) is 4.90 Å². The number of Topliss-reactive ketones (excluding diaryl/α,β-unsaturated/α-hetero) is 1. The van der Waals surface area contributed by atoms with Crippen molar-refractivity contribution >= 4 is 11.9 Å². The van der Waals surface area contributed by atoms with Crippen LogP contribution < -0.4 is 0 Å². The molecule has 0 unspecified atom stereocenters. The van der Waals surface area contributed by atoms with Gasteiger partial charge in [0.1, 0.15) is 5.60 Å². The second-order valence-corrected chi connectivity index (χ2v) is 5.21. The molecule has 0 spiro atoms. The fraction of sp³-hybridized carbons (Fsp3) is 0.750. The highest BCUT2D eigenvalue weighted by Gasteiger charge is 2.32. The van der Waals surface area contributed by atoms with Crippen molar-refractivity contribution < 1.29 is 14.3 Å². The van der Waals surface area contributed by atoms with Crippen molar-refractivity contribution in [2.45, 2.75) is 39.2 Å². The maximum absolute atomic E-state index is 11.7. The van der Waals surface area contributed by atoms with Crippen LogP contribution in [0, 0.1) is 17.2 Å². The van der Waals surface area contributed by atoms with Crippen LogP contribution in [0.4, 0.5) is 4.79 Å². The zero-order chi connectivity index (χ0) is 13.1. The molecule has 1 atom stereocenters. The van der Waals surface area contributed by atoms with Gasteiger partial charge in [-0.2, -0.15) is 5.26 Å². The lowest BCUT2D eigenvalue weighted by Crippen LogP contribution is -2.35. The number of ketones is 1. The van der Waals surface area contributed by atoms with E-state index >= 15 is 0 Å². The van der Waals surface area contributed by atoms with Gasteiger partial charge in [-0.1, -0.05) is 0 Å². The van der Waals surface area contributed by atoms with E-state index in [-0.39, 0.29) is 24.2 Å². The third-order valence-corrected chi connectivity index (χ3v) is 2.55. The molecule has 0 aromatic carbocycles. The molecule has 0 aromatic rings. The summed E-state index contributed by atoms with van der Waals surface area (Å²) in [4.78, 5) is 24.7. The van der Waals surface area contributed by atoms with E-state index < -0.39 is 5.60 Å². The Morgan fingerprint density at radius 3 is 2.65 bits per heavy atom. The molecule has 17 heavy (non-hydrogen) atoms. The molecule has 5 heteroatoms. The van der Waals surface area contributed by atoms with Gasteiger partial charge < -0.3 is 9.64 Å². The van der Waals surface area contributed by atoms with E-state index in [1.807, 2.05) is 6.07 Å². The molecule has 94 valence electrons. The summed E-state index contributed by atoms with van der Waals surface area (Å²) in [6, 6.07) is 1.84. The lowest BCUT2D eigenvalue weighted by molar-refractivity contribution is -0.121. The van der Waals surface area contributed by atoms with Crippen molar-refractivity contribution in [2.75, 3.05) is 13.1 Å². The van der Waals surface area contributed by atoms with Gasteiger partial charge in [0.2, 0.25) is 0 Å². The fourth-order valence-electron chi connectivity index (χ4n) is 1.74. The Hall–Kier alpha value is -1.57. The van der Waals surface area contributed by atoms with Gasteiger partial charge in [-0.3, -0.25) is 4.79 Å². The molecular weight excluding hydrogens is 220 g/mol. The molecule has 1 rings (SSSR count). The minimum Gasteiger partial charge on any atom is -0.444 e. The van der Waals surface area contributed by atoms with E-state index in [1.165, 1.54) is 4.90 Å². The summed E-state index contributed by atoms with van der Waals surface area (Å²) in [6.45, 7) is 6.31. The van der Waals surface area contributed by atoms with Crippen LogP contribution in [0.25, 0.3) is 0 Å². The molecule has 1 heterocycles. The van der Waals surface area contributed by atoms with Crippen molar-refractivity contribution in [3.8, 4) is 6.07 Å². The molecule has 0 aromatic heterocycles. The molecule has 0 radical (unpaired) electrons. The number of carbonyl (C=O) groups is 2. The highest BCUT2D eigenvalue weighted by atomic mass is 16.6. The molecule has 1 saturated heterocycles. The molecule has 1 aliphatic heterocycles. The molecule has 1 fully saturated rings. The molecule has 0 N–H and O–H groups in total. The summed E-state index contributed by atoms with van der Waals surface area (Å²) in [6.07, 6.45) is 0.164. The molecule has 0 aliphatic carbocycles. The van der Waals surface area contributed by atoms with Gasteiger partial charge in [-0.15, -0.1) is 0 Å². The molecule has 1 aliphatic rings. The zero-order valence-corrected chi connectivity index (χ0v) is 10.5. The van der Waals surface area contributed by atoms with Crippen LogP contribution in [0.15, 0.2) is 0 Å². The normalized spacial score (nSPS) is 19.9. The lowest BCUT2D eigenvalue weighted by Gasteiger charge is -2.24. The van der Waals surface area contributed by atoms with Gasteiger partial charge >= 0.3 is 6.09 Å². The molecule has 0 saturated carbocycles. The maximum atomic E-state index is 11.7. The second-order valence-electron chi connectivity index (χ2n) is 5.21. The summed E-state index contributed by atoms with van der Waals surface area (Å²) >= 11 is 0. The van der Waals surface area contributed by atoms with E-state index in [0.29, 0.717) is 19.5 Å². The third kappa shape index (κ3) is 4.06. The summed E-state index contributed by atoms with van der Waals surface area (Å²) < 4.78 is 5.22. The largest absolute Gasteiger partial charge is 0.444 e. The Labute approximate surface area is 101 Å². The van der Waals surface area contributed by atoms with Crippen LogP contribution >= 0.6 is 0 Å². The van der Waals surface area contributed by atoms with Crippen molar-refractivity contribution in [1.29, 1.82) is 5.26 Å². The Kier molecular flexibility index (Phi) is 4.11. The van der Waals surface area contributed by atoms with E-state index in [2.05, 4.69) is 0 Å². The smallest absolute Gasteiger partial charge is 0.410 e. The van der Waals surface area contributed by atoms with E-state index in [9.17, 15) is 9.59 Å². The number of rotatable bonds is 2. The van der Waals surface area contributed by atoms with Crippen LogP contribution in [0.3, 0.4) is 0 Å². The van der Waals surface area contributed by atoms with Crippen molar-refractivity contribution in [3.05, 3.63) is 0 Å². The first-order valence-electron chi connectivity index (χ1n) is 5.71. The quantitative estimate of drug-likeness (QED) is 0.734. The lowest BCUT2D eigenvalue weighted by atomic mass is 10.0. The topological polar surface area (TPSA) is 70.4 Å². The predicted molar refractivity (Wildman–Crippen MR) is 61.2 cm³/mol. The van der Waals surface area contributed by atoms with Gasteiger partial charge in [-0.25, -0.2) is 4.79 Å². The first kappa shape index (κ1) is 13.5. The Morgan fingerprint density at radius 1 is 1.47 bits per heavy atom. The number of hydrogen-bond donors (Lipinski definition) is 0. The first-order chi connectivity index (χ1) is 7.83. The summed E-state index contributed by atoms with van der Waals surface area (Å²) in [5.74, 6) is -0.291. The summed E-state index contributed by atoms with van der Waals surface area (Å²) in [7, 11) is 0. The Bertz CT molecular complexity index is 352. The predicted octanol–water partition coefficient (Wildman–Crippen LogP) is 1.73. The number of carbonyl (C=O) groups excluding carboxylic acids is 2. The fourth-order valence-corrected chi connectivity index (χ4v) is 1.74. The second kappa shape index (κ2) is 5.17. The zero-order valence-electron chi connectivity index (χ0n) is 10.5. The van der Waals surface area contributed by atoms with Crippen LogP contribution in [0.2, 0.25) is 0 Å². The minimum atomic E-state index is -0.522. The van der Waals surface area contributed by atoms with E-state index in [4.69, 9.17) is 10.00 Å². The number of amides is 1. The number of nitriles is 1. The molecular formula is C12H18N2O3. The monoisotopic (exact) mass is 238 g/mol. The highest BCUT2D eigenvalue weighted by Crippen LogP contribution is 2.20. The van der Waals surface area contributed by atoms with Crippen molar-refractivity contribution in [2.24, 2.45) is 5.92 Å². The number of likely N-dealkylation sites (tertiary alicyclic amines) is 1. The van der Waals surface area contributed by atoms with Crippen LogP contribution in [0.1, 0.15) is 33.6 Å². The van der Waals surface area contributed by atoms with Gasteiger partial charge in [0, 0.05) is 19.0 Å². The van der Waals surface area contributed by atoms with Crippen LogP contribution in [0.5, 0.6) is 0 Å². The summed E-state index contributed by atoms with van der Waals surface area (Å²) in [5, 5.41) is 8.45. The first-order valence-corrected chi connectivity index (χ1v) is 5.71. The molecule has 5 nitrogen and oxygen atoms in total. The standard InChI is InChI=1S/C12H18N2O3/c1-12(2,3)17-11(16)14-7-5-9(8-14)10(15)4-6-13/h9H,4-5,7-8H2,1-3H3/t9-/m1/s1.